The molecule has 0 radical (unpaired) electrons. The van der Waals surface area contributed by atoms with Crippen molar-refractivity contribution in [3.05, 3.63) is 35.4 Å². The summed E-state index contributed by atoms with van der Waals surface area (Å²) in [5.74, 6) is 0.487. The second-order valence-electron chi connectivity index (χ2n) is 3.28. The smallest absolute Gasteiger partial charge is 0.165 e. The molecule has 0 aliphatic carbocycles. The van der Waals surface area contributed by atoms with E-state index in [0.717, 1.165) is 11.1 Å². The average molecular weight is 196 g/mol. The Balaban J connectivity index is 2.59. The Morgan fingerprint density at radius 2 is 2.23 bits per heavy atom. The van der Waals surface area contributed by atoms with Crippen LogP contribution in [-0.2, 0) is 21.5 Å². The number of rotatable bonds is 1. The number of hydrogen-bond acceptors (Lipinski definition) is 2. The van der Waals surface area contributed by atoms with Gasteiger partial charge in [-0.15, -0.1) is 0 Å². The maximum atomic E-state index is 11.6. The summed E-state index contributed by atoms with van der Waals surface area (Å²) in [5, 5.41) is 10.1. The molecular formula is C10H12O2S. The molecule has 2 nitrogen and oxygen atoms in total. The molecule has 1 aromatic rings. The molecule has 70 valence electrons. The van der Waals surface area contributed by atoms with E-state index in [-0.39, 0.29) is 0 Å². The maximum absolute atomic E-state index is 11.6. The van der Waals surface area contributed by atoms with Gasteiger partial charge in [0.2, 0.25) is 0 Å². The predicted molar refractivity (Wildman–Crippen MR) is 52.5 cm³/mol. The van der Waals surface area contributed by atoms with Crippen LogP contribution < -0.4 is 0 Å². The zero-order chi connectivity index (χ0) is 9.47. The van der Waals surface area contributed by atoms with Crippen molar-refractivity contribution in [1.82, 2.24) is 0 Å². The van der Waals surface area contributed by atoms with Gasteiger partial charge in [0.15, 0.2) is 4.93 Å². The van der Waals surface area contributed by atoms with Crippen LogP contribution in [0.25, 0.3) is 0 Å². The summed E-state index contributed by atoms with van der Waals surface area (Å²) in [6.45, 7) is 1.86. The quantitative estimate of drug-likeness (QED) is 0.739. The molecule has 0 aromatic heterocycles. The third-order valence-electron chi connectivity index (χ3n) is 2.58. The van der Waals surface area contributed by atoms with Crippen molar-refractivity contribution in [3.8, 4) is 0 Å². The van der Waals surface area contributed by atoms with E-state index in [1.807, 2.05) is 31.2 Å². The van der Waals surface area contributed by atoms with Crippen LogP contribution in [0.3, 0.4) is 0 Å². The van der Waals surface area contributed by atoms with Crippen LogP contribution in [0.5, 0.6) is 0 Å². The minimum Gasteiger partial charge on any atom is -0.373 e. The normalized spacial score (nSPS) is 31.7. The van der Waals surface area contributed by atoms with Crippen molar-refractivity contribution >= 4 is 10.8 Å². The lowest BCUT2D eigenvalue weighted by molar-refractivity contribution is 0.129. The van der Waals surface area contributed by atoms with Gasteiger partial charge < -0.3 is 5.11 Å². The second-order valence-corrected chi connectivity index (χ2v) is 4.94. The summed E-state index contributed by atoms with van der Waals surface area (Å²) < 4.78 is 11.6. The maximum Gasteiger partial charge on any atom is 0.165 e. The zero-order valence-electron chi connectivity index (χ0n) is 7.49. The topological polar surface area (TPSA) is 37.3 Å². The fourth-order valence-electron chi connectivity index (χ4n) is 1.76. The molecule has 3 heteroatoms. The van der Waals surface area contributed by atoms with Crippen LogP contribution in [0.4, 0.5) is 0 Å². The van der Waals surface area contributed by atoms with E-state index in [1.54, 1.807) is 0 Å². The first kappa shape index (κ1) is 8.91. The van der Waals surface area contributed by atoms with Crippen molar-refractivity contribution in [2.75, 3.05) is 0 Å². The highest BCUT2D eigenvalue weighted by molar-refractivity contribution is 7.85. The van der Waals surface area contributed by atoms with E-state index in [1.165, 1.54) is 0 Å². The minimum atomic E-state index is -1.17. The van der Waals surface area contributed by atoms with E-state index in [2.05, 4.69) is 0 Å². The van der Waals surface area contributed by atoms with Gasteiger partial charge in [-0.3, -0.25) is 4.21 Å². The Hall–Kier alpha value is -0.670. The van der Waals surface area contributed by atoms with Gasteiger partial charge in [-0.25, -0.2) is 0 Å². The van der Waals surface area contributed by atoms with Gasteiger partial charge in [0.1, 0.15) is 0 Å². The van der Waals surface area contributed by atoms with E-state index < -0.39 is 15.7 Å². The molecule has 2 atom stereocenters. The third kappa shape index (κ3) is 1.15. The molecule has 1 heterocycles. The predicted octanol–water partition coefficient (Wildman–Crippen LogP) is 1.50. The Kier molecular flexibility index (Phi) is 2.00. The zero-order valence-corrected chi connectivity index (χ0v) is 8.30. The van der Waals surface area contributed by atoms with Gasteiger partial charge in [-0.05, 0) is 12.0 Å². The Morgan fingerprint density at radius 1 is 1.54 bits per heavy atom. The number of fused-ring (bicyclic) bond motifs is 1. The Labute approximate surface area is 80.1 Å². The molecule has 0 saturated carbocycles. The van der Waals surface area contributed by atoms with E-state index in [0.29, 0.717) is 12.2 Å². The molecule has 1 N–H and O–H groups in total. The van der Waals surface area contributed by atoms with Gasteiger partial charge in [0, 0.05) is 5.56 Å². The minimum absolute atomic E-state index is 0.487. The molecule has 0 fully saturated rings. The van der Waals surface area contributed by atoms with Crippen molar-refractivity contribution < 1.29 is 9.32 Å². The SMILES string of the molecule is CCC1(O)c2ccccc2CS1=O. The summed E-state index contributed by atoms with van der Waals surface area (Å²) in [4.78, 5) is -1.10. The Morgan fingerprint density at radius 3 is 2.92 bits per heavy atom. The molecule has 0 bridgehead atoms. The summed E-state index contributed by atoms with van der Waals surface area (Å²) >= 11 is 0. The van der Waals surface area contributed by atoms with Crippen LogP contribution in [0.15, 0.2) is 24.3 Å². The van der Waals surface area contributed by atoms with Crippen LogP contribution in [0, 0.1) is 0 Å². The monoisotopic (exact) mass is 196 g/mol. The van der Waals surface area contributed by atoms with Crippen LogP contribution in [-0.4, -0.2) is 9.32 Å². The largest absolute Gasteiger partial charge is 0.373 e. The fourth-order valence-corrected chi connectivity index (χ4v) is 3.30. The molecule has 0 spiro atoms. The lowest BCUT2D eigenvalue weighted by Crippen LogP contribution is -2.25. The summed E-state index contributed by atoms with van der Waals surface area (Å²) in [6.07, 6.45) is 0.511. The molecular weight excluding hydrogens is 184 g/mol. The summed E-state index contributed by atoms with van der Waals surface area (Å²) in [5.41, 5.74) is 1.86. The highest BCUT2D eigenvalue weighted by Crippen LogP contribution is 2.39. The first-order valence-corrected chi connectivity index (χ1v) is 5.69. The van der Waals surface area contributed by atoms with E-state index in [9.17, 15) is 9.32 Å². The van der Waals surface area contributed by atoms with Crippen molar-refractivity contribution in [3.63, 3.8) is 0 Å². The van der Waals surface area contributed by atoms with Crippen molar-refractivity contribution in [2.24, 2.45) is 0 Å². The fraction of sp³-hybridized carbons (Fsp3) is 0.400. The second kappa shape index (κ2) is 2.93. The molecule has 0 saturated heterocycles. The van der Waals surface area contributed by atoms with Crippen molar-refractivity contribution in [2.45, 2.75) is 24.0 Å². The number of benzene rings is 1. The molecule has 0 amide bonds. The van der Waals surface area contributed by atoms with Crippen LogP contribution in [0.1, 0.15) is 24.5 Å². The molecule has 1 aliphatic heterocycles. The van der Waals surface area contributed by atoms with Gasteiger partial charge in [0.25, 0.3) is 0 Å². The first-order chi connectivity index (χ1) is 6.18. The Bertz CT molecular complexity index is 362. The third-order valence-corrected chi connectivity index (χ3v) is 4.42. The summed E-state index contributed by atoms with van der Waals surface area (Å²) in [6, 6.07) is 7.59. The lowest BCUT2D eigenvalue weighted by atomic mass is 10.0. The van der Waals surface area contributed by atoms with Crippen LogP contribution in [0.2, 0.25) is 0 Å². The van der Waals surface area contributed by atoms with Crippen molar-refractivity contribution in [1.29, 1.82) is 0 Å². The summed E-state index contributed by atoms with van der Waals surface area (Å²) in [7, 11) is -1.17. The van der Waals surface area contributed by atoms with Gasteiger partial charge in [-0.1, -0.05) is 31.2 Å². The average Bonchev–Trinajstić information content (AvgIpc) is 2.41. The van der Waals surface area contributed by atoms with Crippen LogP contribution >= 0.6 is 0 Å². The highest BCUT2D eigenvalue weighted by atomic mass is 32.2. The molecule has 2 unspecified atom stereocenters. The van der Waals surface area contributed by atoms with Gasteiger partial charge in [-0.2, -0.15) is 0 Å². The standard InChI is InChI=1S/C10H12O2S/c1-2-10(11)9-6-4-3-5-8(9)7-13(10)12/h3-6,11H,2,7H2,1H3. The molecule has 2 rings (SSSR count). The lowest BCUT2D eigenvalue weighted by Gasteiger charge is -2.20. The van der Waals surface area contributed by atoms with E-state index in [4.69, 9.17) is 0 Å². The molecule has 1 aliphatic rings. The molecule has 13 heavy (non-hydrogen) atoms. The van der Waals surface area contributed by atoms with Gasteiger partial charge >= 0.3 is 0 Å². The highest BCUT2D eigenvalue weighted by Gasteiger charge is 2.41. The van der Waals surface area contributed by atoms with Gasteiger partial charge in [0.05, 0.1) is 16.6 Å². The number of aliphatic hydroxyl groups is 1. The molecule has 1 aromatic carbocycles. The first-order valence-electron chi connectivity index (χ1n) is 4.37. The van der Waals surface area contributed by atoms with E-state index >= 15 is 0 Å². The number of hydrogen-bond donors (Lipinski definition) is 1.